The van der Waals surface area contributed by atoms with Crippen LogP contribution in [0.4, 0.5) is 5.69 Å². The molecule has 0 fully saturated rings. The van der Waals surface area contributed by atoms with Crippen LogP contribution in [-0.2, 0) is 4.79 Å². The molecule has 3 N–H and O–H groups in total. The SMILES string of the molecule is COc1cc(C(=O)Nc2ccc(-c3nc4ccccc4s3)cc2)cc(OC)c1OCC(N)=O. The number of aromatic nitrogens is 1. The number of rotatable bonds is 8. The number of para-hydroxylation sites is 1. The van der Waals surface area contributed by atoms with E-state index in [-0.39, 0.29) is 29.8 Å². The predicted octanol–water partition coefficient (Wildman–Crippen LogP) is 4.10. The Hall–Kier alpha value is -4.11. The van der Waals surface area contributed by atoms with Crippen molar-refractivity contribution in [3.05, 3.63) is 66.2 Å². The number of nitrogens with zero attached hydrogens (tertiary/aromatic N) is 1. The number of carbonyl (C=O) groups excluding carboxylic acids is 2. The molecular formula is C24H21N3O5S. The summed E-state index contributed by atoms with van der Waals surface area (Å²) >= 11 is 1.62. The Labute approximate surface area is 193 Å². The fourth-order valence-corrected chi connectivity index (χ4v) is 4.16. The molecule has 1 heterocycles. The summed E-state index contributed by atoms with van der Waals surface area (Å²) in [6.07, 6.45) is 0. The van der Waals surface area contributed by atoms with Crippen molar-refractivity contribution in [3.63, 3.8) is 0 Å². The predicted molar refractivity (Wildman–Crippen MR) is 127 cm³/mol. The summed E-state index contributed by atoms with van der Waals surface area (Å²) in [6, 6.07) is 18.4. The molecule has 0 saturated carbocycles. The van der Waals surface area contributed by atoms with E-state index in [0.29, 0.717) is 11.3 Å². The number of ether oxygens (including phenoxy) is 3. The molecule has 0 aliphatic heterocycles. The Morgan fingerprint density at radius 3 is 2.27 bits per heavy atom. The van der Waals surface area contributed by atoms with Crippen molar-refractivity contribution in [1.29, 1.82) is 0 Å². The van der Waals surface area contributed by atoms with Gasteiger partial charge in [0.2, 0.25) is 5.75 Å². The van der Waals surface area contributed by atoms with Gasteiger partial charge in [-0.05, 0) is 48.5 Å². The molecule has 2 amide bonds. The summed E-state index contributed by atoms with van der Waals surface area (Å²) in [6.45, 7) is -0.348. The first-order valence-corrected chi connectivity index (χ1v) is 10.7. The number of hydrogen-bond acceptors (Lipinski definition) is 7. The number of anilines is 1. The van der Waals surface area contributed by atoms with E-state index < -0.39 is 5.91 Å². The van der Waals surface area contributed by atoms with Crippen molar-refractivity contribution >= 4 is 39.1 Å². The lowest BCUT2D eigenvalue weighted by atomic mass is 10.1. The first-order valence-electron chi connectivity index (χ1n) is 9.93. The fourth-order valence-electron chi connectivity index (χ4n) is 3.19. The van der Waals surface area contributed by atoms with Gasteiger partial charge in [0.05, 0.1) is 24.4 Å². The number of methoxy groups -OCH3 is 2. The van der Waals surface area contributed by atoms with Crippen LogP contribution in [0, 0.1) is 0 Å². The molecule has 0 unspecified atom stereocenters. The lowest BCUT2D eigenvalue weighted by Crippen LogP contribution is -2.20. The first kappa shape index (κ1) is 22.1. The van der Waals surface area contributed by atoms with Gasteiger partial charge in [-0.3, -0.25) is 9.59 Å². The molecule has 9 heteroatoms. The normalized spacial score (nSPS) is 10.6. The zero-order valence-electron chi connectivity index (χ0n) is 18.0. The highest BCUT2D eigenvalue weighted by molar-refractivity contribution is 7.21. The second-order valence-electron chi connectivity index (χ2n) is 6.98. The van der Waals surface area contributed by atoms with Crippen LogP contribution in [0.15, 0.2) is 60.7 Å². The molecule has 4 aromatic rings. The van der Waals surface area contributed by atoms with Gasteiger partial charge in [0, 0.05) is 16.8 Å². The monoisotopic (exact) mass is 463 g/mol. The van der Waals surface area contributed by atoms with E-state index in [2.05, 4.69) is 10.3 Å². The van der Waals surface area contributed by atoms with Crippen LogP contribution in [0.2, 0.25) is 0 Å². The maximum atomic E-state index is 12.9. The Balaban J connectivity index is 1.53. The van der Waals surface area contributed by atoms with E-state index in [1.807, 2.05) is 48.5 Å². The summed E-state index contributed by atoms with van der Waals surface area (Å²) in [4.78, 5) is 28.6. The Morgan fingerprint density at radius 2 is 1.67 bits per heavy atom. The van der Waals surface area contributed by atoms with Gasteiger partial charge in [0.25, 0.3) is 11.8 Å². The van der Waals surface area contributed by atoms with Crippen molar-refractivity contribution < 1.29 is 23.8 Å². The van der Waals surface area contributed by atoms with Crippen LogP contribution in [0.25, 0.3) is 20.8 Å². The summed E-state index contributed by atoms with van der Waals surface area (Å²) in [5, 5.41) is 3.77. The van der Waals surface area contributed by atoms with Crippen molar-refractivity contribution in [2.24, 2.45) is 5.73 Å². The van der Waals surface area contributed by atoms with Crippen LogP contribution in [0.1, 0.15) is 10.4 Å². The summed E-state index contributed by atoms with van der Waals surface area (Å²) in [5.74, 6) is -0.328. The second kappa shape index (κ2) is 9.58. The fraction of sp³-hybridized carbons (Fsp3) is 0.125. The minimum Gasteiger partial charge on any atom is -0.493 e. The van der Waals surface area contributed by atoms with E-state index in [9.17, 15) is 9.59 Å². The lowest BCUT2D eigenvalue weighted by Gasteiger charge is -2.15. The molecule has 4 rings (SSSR count). The van der Waals surface area contributed by atoms with Crippen molar-refractivity contribution in [2.45, 2.75) is 0 Å². The third-order valence-electron chi connectivity index (χ3n) is 4.77. The number of fused-ring (bicyclic) bond motifs is 1. The zero-order valence-corrected chi connectivity index (χ0v) is 18.8. The van der Waals surface area contributed by atoms with Gasteiger partial charge in [-0.2, -0.15) is 0 Å². The summed E-state index contributed by atoms with van der Waals surface area (Å²) < 4.78 is 17.1. The van der Waals surface area contributed by atoms with E-state index >= 15 is 0 Å². The Bertz CT molecular complexity index is 1260. The van der Waals surface area contributed by atoms with Crippen LogP contribution in [0.5, 0.6) is 17.2 Å². The molecule has 0 spiro atoms. The van der Waals surface area contributed by atoms with Gasteiger partial charge in [-0.25, -0.2) is 4.98 Å². The highest BCUT2D eigenvalue weighted by Gasteiger charge is 2.18. The second-order valence-corrected chi connectivity index (χ2v) is 8.01. The highest BCUT2D eigenvalue weighted by Crippen LogP contribution is 2.39. The Kier molecular flexibility index (Phi) is 6.41. The standard InChI is InChI=1S/C24H21N3O5S/c1-30-18-11-15(12-19(31-2)22(18)32-13-21(25)28)23(29)26-16-9-7-14(8-10-16)24-27-17-5-3-4-6-20(17)33-24/h3-12H,13H2,1-2H3,(H2,25,28)(H,26,29). The molecule has 3 aromatic carbocycles. The van der Waals surface area contributed by atoms with Crippen LogP contribution < -0.4 is 25.3 Å². The lowest BCUT2D eigenvalue weighted by molar-refractivity contribution is -0.120. The van der Waals surface area contributed by atoms with Gasteiger partial charge in [-0.15, -0.1) is 11.3 Å². The first-order chi connectivity index (χ1) is 16.0. The van der Waals surface area contributed by atoms with E-state index in [0.717, 1.165) is 20.8 Å². The number of carbonyl (C=O) groups is 2. The molecule has 0 bridgehead atoms. The van der Waals surface area contributed by atoms with Crippen molar-refractivity contribution in [3.8, 4) is 27.8 Å². The summed E-state index contributed by atoms with van der Waals surface area (Å²) in [5.41, 5.74) is 7.99. The number of thiazole rings is 1. The van der Waals surface area contributed by atoms with E-state index in [1.54, 1.807) is 11.3 Å². The smallest absolute Gasteiger partial charge is 0.255 e. The average Bonchev–Trinajstić information content (AvgIpc) is 3.26. The molecule has 0 radical (unpaired) electrons. The molecule has 0 atom stereocenters. The minimum atomic E-state index is -0.643. The molecule has 8 nitrogen and oxygen atoms in total. The van der Waals surface area contributed by atoms with Gasteiger partial charge in [0.1, 0.15) is 5.01 Å². The largest absolute Gasteiger partial charge is 0.493 e. The van der Waals surface area contributed by atoms with Crippen molar-refractivity contribution in [2.75, 3.05) is 26.1 Å². The number of nitrogens with one attached hydrogen (secondary N) is 1. The van der Waals surface area contributed by atoms with Gasteiger partial charge in [0.15, 0.2) is 18.1 Å². The zero-order chi connectivity index (χ0) is 23.4. The molecule has 0 aliphatic rings. The van der Waals surface area contributed by atoms with Crippen LogP contribution in [-0.4, -0.2) is 37.6 Å². The minimum absolute atomic E-state index is 0.190. The third-order valence-corrected chi connectivity index (χ3v) is 5.85. The molecular weight excluding hydrogens is 442 g/mol. The van der Waals surface area contributed by atoms with Gasteiger partial charge >= 0.3 is 0 Å². The topological polar surface area (TPSA) is 113 Å². The van der Waals surface area contributed by atoms with E-state index in [1.165, 1.54) is 26.4 Å². The maximum absolute atomic E-state index is 12.9. The molecule has 0 saturated heterocycles. The number of amides is 2. The Morgan fingerprint density at radius 1 is 1.00 bits per heavy atom. The number of hydrogen-bond donors (Lipinski definition) is 2. The van der Waals surface area contributed by atoms with Crippen LogP contribution in [0.3, 0.4) is 0 Å². The van der Waals surface area contributed by atoms with Gasteiger partial charge in [-0.1, -0.05) is 12.1 Å². The molecule has 0 aliphatic carbocycles. The quantitative estimate of drug-likeness (QED) is 0.407. The van der Waals surface area contributed by atoms with E-state index in [4.69, 9.17) is 19.9 Å². The van der Waals surface area contributed by atoms with Gasteiger partial charge < -0.3 is 25.3 Å². The molecule has 1 aromatic heterocycles. The summed E-state index contributed by atoms with van der Waals surface area (Å²) in [7, 11) is 2.85. The highest BCUT2D eigenvalue weighted by atomic mass is 32.1. The third kappa shape index (κ3) is 4.88. The van der Waals surface area contributed by atoms with Crippen LogP contribution >= 0.6 is 11.3 Å². The average molecular weight is 464 g/mol. The maximum Gasteiger partial charge on any atom is 0.255 e. The van der Waals surface area contributed by atoms with Crippen molar-refractivity contribution in [1.82, 2.24) is 4.98 Å². The molecule has 33 heavy (non-hydrogen) atoms. The number of nitrogens with two attached hydrogens (primary N) is 1. The molecule has 168 valence electrons. The number of benzene rings is 3. The number of primary amides is 1.